The van der Waals surface area contributed by atoms with E-state index in [-0.39, 0.29) is 6.10 Å². The Morgan fingerprint density at radius 1 is 1.57 bits per heavy atom. The molecule has 0 aliphatic heterocycles. The van der Waals surface area contributed by atoms with Gasteiger partial charge in [0.25, 0.3) is 0 Å². The van der Waals surface area contributed by atoms with E-state index in [4.69, 9.17) is 15.2 Å². The van der Waals surface area contributed by atoms with Crippen LogP contribution in [0.4, 0.5) is 5.69 Å². The fraction of sp³-hybridized carbons (Fsp3) is 0.500. The summed E-state index contributed by atoms with van der Waals surface area (Å²) in [6, 6.07) is 1.82. The van der Waals surface area contributed by atoms with Gasteiger partial charge in [-0.25, -0.2) is 0 Å². The SMILES string of the molecule is COC[C@H](C)Oc1cc(C)ncc1N. The summed E-state index contributed by atoms with van der Waals surface area (Å²) in [5, 5.41) is 0. The summed E-state index contributed by atoms with van der Waals surface area (Å²) in [6.45, 7) is 4.37. The van der Waals surface area contributed by atoms with E-state index in [1.165, 1.54) is 0 Å². The average molecular weight is 196 g/mol. The highest BCUT2D eigenvalue weighted by Gasteiger charge is 2.06. The zero-order valence-electron chi connectivity index (χ0n) is 8.78. The molecular weight excluding hydrogens is 180 g/mol. The molecule has 4 heteroatoms. The van der Waals surface area contributed by atoms with E-state index in [1.807, 2.05) is 19.9 Å². The molecule has 0 radical (unpaired) electrons. The van der Waals surface area contributed by atoms with Gasteiger partial charge in [-0.05, 0) is 13.8 Å². The highest BCUT2D eigenvalue weighted by atomic mass is 16.5. The minimum Gasteiger partial charge on any atom is -0.486 e. The van der Waals surface area contributed by atoms with E-state index in [2.05, 4.69) is 4.98 Å². The molecule has 0 unspecified atom stereocenters. The van der Waals surface area contributed by atoms with Crippen LogP contribution in [0.15, 0.2) is 12.3 Å². The van der Waals surface area contributed by atoms with Crippen LogP contribution in [0.1, 0.15) is 12.6 Å². The lowest BCUT2D eigenvalue weighted by molar-refractivity contribution is 0.0925. The van der Waals surface area contributed by atoms with Gasteiger partial charge in [-0.2, -0.15) is 0 Å². The number of hydrogen-bond donors (Lipinski definition) is 1. The number of nitrogens with two attached hydrogens (primary N) is 1. The molecule has 4 nitrogen and oxygen atoms in total. The molecule has 0 fully saturated rings. The summed E-state index contributed by atoms with van der Waals surface area (Å²) < 4.78 is 10.5. The third-order valence-electron chi connectivity index (χ3n) is 1.76. The molecule has 1 aromatic heterocycles. The normalized spacial score (nSPS) is 12.5. The predicted octanol–water partition coefficient (Wildman–Crippen LogP) is 1.39. The Morgan fingerprint density at radius 2 is 2.29 bits per heavy atom. The molecule has 0 aliphatic carbocycles. The third kappa shape index (κ3) is 2.88. The van der Waals surface area contributed by atoms with Crippen molar-refractivity contribution in [2.24, 2.45) is 0 Å². The van der Waals surface area contributed by atoms with Crippen molar-refractivity contribution in [3.8, 4) is 5.75 Å². The van der Waals surface area contributed by atoms with Gasteiger partial charge in [0.1, 0.15) is 11.9 Å². The highest BCUT2D eigenvalue weighted by Crippen LogP contribution is 2.21. The molecule has 0 amide bonds. The van der Waals surface area contributed by atoms with Gasteiger partial charge in [0.2, 0.25) is 0 Å². The van der Waals surface area contributed by atoms with Crippen LogP contribution in [0.3, 0.4) is 0 Å². The second-order valence-corrected chi connectivity index (χ2v) is 3.25. The lowest BCUT2D eigenvalue weighted by Gasteiger charge is -2.15. The van der Waals surface area contributed by atoms with Crippen LogP contribution in [0.2, 0.25) is 0 Å². The number of pyridine rings is 1. The second kappa shape index (κ2) is 4.81. The molecule has 2 N–H and O–H groups in total. The van der Waals surface area contributed by atoms with Gasteiger partial charge in [-0.3, -0.25) is 4.98 Å². The first-order valence-corrected chi connectivity index (χ1v) is 4.51. The quantitative estimate of drug-likeness (QED) is 0.790. The predicted molar refractivity (Wildman–Crippen MR) is 55.4 cm³/mol. The topological polar surface area (TPSA) is 57.4 Å². The van der Waals surface area contributed by atoms with Crippen molar-refractivity contribution in [1.29, 1.82) is 0 Å². The molecule has 0 aromatic carbocycles. The number of nitrogen functional groups attached to an aromatic ring is 1. The first-order valence-electron chi connectivity index (χ1n) is 4.51. The number of anilines is 1. The van der Waals surface area contributed by atoms with Crippen LogP contribution in [-0.4, -0.2) is 24.8 Å². The van der Waals surface area contributed by atoms with E-state index < -0.39 is 0 Å². The van der Waals surface area contributed by atoms with Crippen molar-refractivity contribution < 1.29 is 9.47 Å². The number of aromatic nitrogens is 1. The van der Waals surface area contributed by atoms with Crippen molar-refractivity contribution in [3.05, 3.63) is 18.0 Å². The van der Waals surface area contributed by atoms with Crippen LogP contribution in [0.25, 0.3) is 0 Å². The number of aryl methyl sites for hydroxylation is 1. The maximum atomic E-state index is 5.71. The number of nitrogens with zero attached hydrogens (tertiary/aromatic N) is 1. The highest BCUT2D eigenvalue weighted by molar-refractivity contribution is 5.50. The first-order chi connectivity index (χ1) is 6.63. The Balaban J connectivity index is 2.70. The summed E-state index contributed by atoms with van der Waals surface area (Å²) >= 11 is 0. The molecule has 0 saturated carbocycles. The molecule has 0 spiro atoms. The van der Waals surface area contributed by atoms with Crippen LogP contribution in [0, 0.1) is 6.92 Å². The third-order valence-corrected chi connectivity index (χ3v) is 1.76. The van der Waals surface area contributed by atoms with Crippen molar-refractivity contribution in [3.63, 3.8) is 0 Å². The standard InChI is InChI=1S/C10H16N2O2/c1-7-4-10(9(11)5-12-7)14-8(2)6-13-3/h4-5,8H,6,11H2,1-3H3/t8-/m0/s1. The maximum absolute atomic E-state index is 5.71. The molecule has 0 bridgehead atoms. The van der Waals surface area contributed by atoms with Crippen molar-refractivity contribution in [2.45, 2.75) is 20.0 Å². The van der Waals surface area contributed by atoms with Crippen LogP contribution in [0.5, 0.6) is 5.75 Å². The minimum atomic E-state index is -0.0101. The number of methoxy groups -OCH3 is 1. The van der Waals surface area contributed by atoms with E-state index in [1.54, 1.807) is 13.3 Å². The molecule has 0 saturated heterocycles. The van der Waals surface area contributed by atoms with E-state index in [0.717, 1.165) is 5.69 Å². The average Bonchev–Trinajstić information content (AvgIpc) is 2.12. The van der Waals surface area contributed by atoms with Gasteiger partial charge in [-0.15, -0.1) is 0 Å². The second-order valence-electron chi connectivity index (χ2n) is 3.25. The molecule has 78 valence electrons. The lowest BCUT2D eigenvalue weighted by atomic mass is 10.3. The zero-order valence-corrected chi connectivity index (χ0v) is 8.78. The van der Waals surface area contributed by atoms with Gasteiger partial charge in [-0.1, -0.05) is 0 Å². The van der Waals surface area contributed by atoms with Crippen LogP contribution < -0.4 is 10.5 Å². The Bertz CT molecular complexity index is 302. The van der Waals surface area contributed by atoms with E-state index in [0.29, 0.717) is 18.0 Å². The molecule has 1 atom stereocenters. The van der Waals surface area contributed by atoms with Gasteiger partial charge in [0.05, 0.1) is 18.5 Å². The molecular formula is C10H16N2O2. The number of ether oxygens (including phenoxy) is 2. The van der Waals surface area contributed by atoms with Crippen LogP contribution >= 0.6 is 0 Å². The van der Waals surface area contributed by atoms with E-state index >= 15 is 0 Å². The zero-order chi connectivity index (χ0) is 10.6. The number of hydrogen-bond acceptors (Lipinski definition) is 4. The minimum absolute atomic E-state index is 0.0101. The number of rotatable bonds is 4. The molecule has 1 rings (SSSR count). The summed E-state index contributed by atoms with van der Waals surface area (Å²) in [7, 11) is 1.64. The van der Waals surface area contributed by atoms with Crippen molar-refractivity contribution in [2.75, 3.05) is 19.5 Å². The molecule has 1 aromatic rings. The van der Waals surface area contributed by atoms with E-state index in [9.17, 15) is 0 Å². The molecule has 14 heavy (non-hydrogen) atoms. The Morgan fingerprint density at radius 3 is 2.93 bits per heavy atom. The van der Waals surface area contributed by atoms with Gasteiger partial charge in [0, 0.05) is 18.9 Å². The fourth-order valence-electron chi connectivity index (χ4n) is 1.13. The monoisotopic (exact) mass is 196 g/mol. The smallest absolute Gasteiger partial charge is 0.146 e. The maximum Gasteiger partial charge on any atom is 0.146 e. The Labute approximate surface area is 84.0 Å². The lowest BCUT2D eigenvalue weighted by Crippen LogP contribution is -2.18. The first kappa shape index (κ1) is 10.8. The Hall–Kier alpha value is -1.29. The summed E-state index contributed by atoms with van der Waals surface area (Å²) in [5.41, 5.74) is 7.15. The Kier molecular flexibility index (Phi) is 3.71. The largest absolute Gasteiger partial charge is 0.486 e. The summed E-state index contributed by atoms with van der Waals surface area (Å²) in [6.07, 6.45) is 1.59. The van der Waals surface area contributed by atoms with Crippen LogP contribution in [-0.2, 0) is 4.74 Å². The van der Waals surface area contributed by atoms with Gasteiger partial charge in [0.15, 0.2) is 0 Å². The van der Waals surface area contributed by atoms with Gasteiger partial charge < -0.3 is 15.2 Å². The van der Waals surface area contributed by atoms with Gasteiger partial charge >= 0.3 is 0 Å². The fourth-order valence-corrected chi connectivity index (χ4v) is 1.13. The molecule has 1 heterocycles. The van der Waals surface area contributed by atoms with Crippen molar-refractivity contribution in [1.82, 2.24) is 4.98 Å². The molecule has 0 aliphatic rings. The van der Waals surface area contributed by atoms with Crippen molar-refractivity contribution >= 4 is 5.69 Å². The summed E-state index contributed by atoms with van der Waals surface area (Å²) in [5.74, 6) is 0.669. The summed E-state index contributed by atoms with van der Waals surface area (Å²) in [4.78, 5) is 4.06.